The van der Waals surface area contributed by atoms with E-state index >= 15 is 0 Å². The third kappa shape index (κ3) is 18.1. The molecule has 0 spiro atoms. The van der Waals surface area contributed by atoms with Crippen LogP contribution in [0.2, 0.25) is 0 Å². The van der Waals surface area contributed by atoms with Crippen molar-refractivity contribution in [1.29, 1.82) is 0.594 Å². The monoisotopic (exact) mass is 625 g/mol. The number of carboxylic acid groups (broad SMARTS) is 1. The number of hydrogen-bond donors (Lipinski definition) is 3. The molecule has 206 valence electrons. The number of carbonyl (C=O) groups excluding carboxylic acids is 3. The molecule has 0 fully saturated rings. The quantitative estimate of drug-likeness (QED) is 0.121. The topological polar surface area (TPSA) is 168 Å². The lowest BCUT2D eigenvalue weighted by Crippen LogP contribution is -2.37. The first-order chi connectivity index (χ1) is 17.5. The molecule has 1 rings (SSSR count). The molecule has 1 aromatic rings. The van der Waals surface area contributed by atoms with Gasteiger partial charge >= 0.3 is 23.9 Å². The van der Waals surface area contributed by atoms with Crippen LogP contribution >= 0.6 is 23.8 Å². The number of rotatable bonds is 14. The normalized spacial score (nSPS) is 12.1. The largest absolute Gasteiger partial charge is 0.481 e. The van der Waals surface area contributed by atoms with Gasteiger partial charge in [0.2, 0.25) is 0 Å². The van der Waals surface area contributed by atoms with Crippen LogP contribution in [0.4, 0.5) is 0 Å². The lowest BCUT2D eigenvalue weighted by molar-refractivity contribution is -0.149. The number of halogens is 1. The van der Waals surface area contributed by atoms with Gasteiger partial charge in [0.15, 0.2) is 0 Å². The second kappa shape index (κ2) is 20.9. The highest BCUT2D eigenvalue weighted by atomic mass is 127. The number of carboxylic acids is 1. The molecule has 11 heteroatoms. The summed E-state index contributed by atoms with van der Waals surface area (Å²) in [5, 5.41) is 8.31. The number of carbonyl (C=O) groups is 4. The van der Waals surface area contributed by atoms with Crippen LogP contribution in [0.25, 0.3) is 0 Å². The number of nitrogens with two attached hydrogens (primary N) is 2. The highest BCUT2D eigenvalue weighted by Crippen LogP contribution is 2.05. The SMILES string of the molecule is CC(C)[C@H](N)C(=O)OCCCC(=O)O.CC(C)[C@H](N)C(=O)OCCCC(=O)OCc1ccccc1.[2H]I. The third-order valence-electron chi connectivity index (χ3n) is 4.77. The van der Waals surface area contributed by atoms with Crippen LogP contribution in [0.5, 0.6) is 0 Å². The molecule has 0 aromatic heterocycles. The Morgan fingerprint density at radius 1 is 0.833 bits per heavy atom. The Morgan fingerprint density at radius 3 is 1.69 bits per heavy atom. The van der Waals surface area contributed by atoms with E-state index in [0.29, 0.717) is 12.8 Å². The molecule has 0 heterocycles. The van der Waals surface area contributed by atoms with E-state index in [1.54, 1.807) is 0 Å². The minimum atomic E-state index is -0.894. The number of hydrogen-bond acceptors (Lipinski definition) is 9. The van der Waals surface area contributed by atoms with Crippen LogP contribution in [-0.4, -0.2) is 54.9 Å². The van der Waals surface area contributed by atoms with E-state index in [2.05, 4.69) is 0 Å². The maximum Gasteiger partial charge on any atom is 0.323 e. The van der Waals surface area contributed by atoms with Gasteiger partial charge in [-0.1, -0.05) is 58.0 Å². The molecule has 0 aliphatic rings. The molecule has 0 saturated carbocycles. The lowest BCUT2D eigenvalue weighted by Gasteiger charge is -2.14. The highest BCUT2D eigenvalue weighted by molar-refractivity contribution is 14.0. The standard InChI is InChI=1S/C16H23NO4.C9H17NO4.HI/c1-12(2)15(17)16(19)20-10-6-9-14(18)21-11-13-7-4-3-5-8-13;1-6(2)8(10)9(13)14-5-3-4-7(11)12;/h3-5,7-8,12,15H,6,9-11,17H2,1-2H3;6,8H,3-5,10H2,1-2H3,(H,11,12);1H/t15-;8-;/m00./s1/i/hD. The van der Waals surface area contributed by atoms with Gasteiger partial charge in [-0.3, -0.25) is 19.2 Å². The predicted octanol–water partition coefficient (Wildman–Crippen LogP) is 3.03. The molecule has 0 aliphatic heterocycles. The van der Waals surface area contributed by atoms with E-state index in [-0.39, 0.29) is 50.5 Å². The maximum atomic E-state index is 11.5. The summed E-state index contributed by atoms with van der Waals surface area (Å²) in [5.74, 6) is -2.03. The Bertz CT molecular complexity index is 781. The predicted molar refractivity (Wildman–Crippen MR) is 145 cm³/mol. The van der Waals surface area contributed by atoms with E-state index in [1.165, 1.54) is 23.8 Å². The van der Waals surface area contributed by atoms with Gasteiger partial charge in [-0.2, -0.15) is 0 Å². The van der Waals surface area contributed by atoms with Gasteiger partial charge in [0, 0.05) is 12.8 Å². The van der Waals surface area contributed by atoms with E-state index in [0.717, 1.165) is 5.56 Å². The minimum Gasteiger partial charge on any atom is -0.481 e. The summed E-state index contributed by atoms with van der Waals surface area (Å²) in [6.45, 7) is 7.91. The fourth-order valence-electron chi connectivity index (χ4n) is 2.33. The second-order valence-corrected chi connectivity index (χ2v) is 8.62. The van der Waals surface area contributed by atoms with Crippen molar-refractivity contribution in [3.8, 4) is 0 Å². The molecular weight excluding hydrogens is 583 g/mol. The second-order valence-electron chi connectivity index (χ2n) is 8.62. The van der Waals surface area contributed by atoms with Crippen LogP contribution in [0, 0.1) is 11.8 Å². The van der Waals surface area contributed by atoms with Crippen molar-refractivity contribution < 1.29 is 38.5 Å². The Morgan fingerprint density at radius 2 is 1.28 bits per heavy atom. The molecule has 5 N–H and O–H groups in total. The molecule has 0 saturated heterocycles. The van der Waals surface area contributed by atoms with Crippen molar-refractivity contribution in [3.05, 3.63) is 35.9 Å². The van der Waals surface area contributed by atoms with Gasteiger partial charge in [-0.15, -0.1) is 23.8 Å². The highest BCUT2D eigenvalue weighted by Gasteiger charge is 2.19. The minimum absolute atomic E-state index is 0.00416. The molecule has 2 atom stereocenters. The molecule has 36 heavy (non-hydrogen) atoms. The Kier molecular flexibility index (Phi) is 19.6. The molecule has 0 unspecified atom stereocenters. The van der Waals surface area contributed by atoms with Gasteiger partial charge in [0.25, 0.3) is 0 Å². The van der Waals surface area contributed by atoms with Gasteiger partial charge in [-0.05, 0) is 30.2 Å². The summed E-state index contributed by atoms with van der Waals surface area (Å²) < 4.78 is 20.6. The molecule has 1 aromatic carbocycles. The fraction of sp³-hybridized carbons (Fsp3) is 0.600. The van der Waals surface area contributed by atoms with Gasteiger partial charge in [-0.25, -0.2) is 0 Å². The molecule has 10 nitrogen and oxygen atoms in total. The smallest absolute Gasteiger partial charge is 0.323 e. The van der Waals surface area contributed by atoms with E-state index in [9.17, 15) is 19.2 Å². The van der Waals surface area contributed by atoms with Gasteiger partial charge < -0.3 is 30.8 Å². The first-order valence-corrected chi connectivity index (χ1v) is 11.7. The maximum absolute atomic E-state index is 11.5. The number of ether oxygens (including phenoxy) is 3. The van der Waals surface area contributed by atoms with Crippen LogP contribution in [0.3, 0.4) is 0 Å². The summed E-state index contributed by atoms with van der Waals surface area (Å²) in [6, 6.07) is 8.22. The molecule has 0 bridgehead atoms. The van der Waals surface area contributed by atoms with Crippen molar-refractivity contribution >= 4 is 47.7 Å². The van der Waals surface area contributed by atoms with Crippen LogP contribution < -0.4 is 11.5 Å². The van der Waals surface area contributed by atoms with E-state index in [1.807, 2.05) is 58.0 Å². The van der Waals surface area contributed by atoms with Crippen molar-refractivity contribution in [3.63, 3.8) is 0 Å². The number of aliphatic carboxylic acids is 1. The third-order valence-corrected chi connectivity index (χ3v) is 4.77. The first kappa shape index (κ1) is 33.8. The fourth-order valence-corrected chi connectivity index (χ4v) is 2.33. The van der Waals surface area contributed by atoms with Crippen LogP contribution in [-0.2, 0) is 40.0 Å². The van der Waals surface area contributed by atoms with Crippen LogP contribution in [0.1, 0.15) is 58.9 Å². The first-order valence-electron chi connectivity index (χ1n) is 12.1. The number of esters is 3. The lowest BCUT2D eigenvalue weighted by atomic mass is 10.1. The average Bonchev–Trinajstić information content (AvgIpc) is 2.88. The summed E-state index contributed by atoms with van der Waals surface area (Å²) in [6.07, 6.45) is 0.983. The van der Waals surface area contributed by atoms with Crippen LogP contribution in [0.15, 0.2) is 30.3 Å². The molecule has 0 amide bonds. The molecule has 0 aliphatic carbocycles. The molecule has 0 radical (unpaired) electrons. The van der Waals surface area contributed by atoms with Crippen molar-refractivity contribution in [2.45, 2.75) is 72.1 Å². The summed E-state index contributed by atoms with van der Waals surface area (Å²) >= 11 is 1.40. The van der Waals surface area contributed by atoms with Crippen molar-refractivity contribution in [2.75, 3.05) is 13.2 Å². The van der Waals surface area contributed by atoms with Crippen molar-refractivity contribution in [1.82, 2.24) is 0 Å². The summed E-state index contributed by atoms with van der Waals surface area (Å²) in [5.41, 5.74) is 12.1. The number of benzene rings is 1. The van der Waals surface area contributed by atoms with Gasteiger partial charge in [0.1, 0.15) is 19.3 Å². The van der Waals surface area contributed by atoms with E-state index in [4.69, 9.17) is 31.4 Å². The van der Waals surface area contributed by atoms with E-state index < -0.39 is 30.0 Å². The summed E-state index contributed by atoms with van der Waals surface area (Å²) in [7, 11) is 0. The molecular formula is C25H41IN2O8. The zero-order valence-corrected chi connectivity index (χ0v) is 23.6. The Balaban J connectivity index is 0. The van der Waals surface area contributed by atoms with Gasteiger partial charge in [0.05, 0.1) is 13.2 Å². The summed E-state index contributed by atoms with van der Waals surface area (Å²) in [4.78, 5) is 44.2. The van der Waals surface area contributed by atoms with Crippen molar-refractivity contribution in [2.24, 2.45) is 23.3 Å². The zero-order chi connectivity index (χ0) is 28.8. The Hall–Kier alpha value is -2.25. The zero-order valence-electron chi connectivity index (χ0n) is 22.5. The average molecular weight is 626 g/mol. The Labute approximate surface area is 230 Å².